The summed E-state index contributed by atoms with van der Waals surface area (Å²) in [5.74, 6) is 1.36. The molecule has 0 radical (unpaired) electrons. The van der Waals surface area contributed by atoms with E-state index in [9.17, 15) is 0 Å². The fourth-order valence-electron chi connectivity index (χ4n) is 1.17. The zero-order chi connectivity index (χ0) is 10.1. The van der Waals surface area contributed by atoms with Crippen molar-refractivity contribution in [1.29, 1.82) is 0 Å². The van der Waals surface area contributed by atoms with Crippen LogP contribution in [0.1, 0.15) is 17.3 Å². The largest absolute Gasteiger partial charge is 0.430 e. The molecular formula is C8H10N4O2. The second kappa shape index (κ2) is 3.22. The highest BCUT2D eigenvalue weighted by molar-refractivity contribution is 5.10. The molecule has 1 N–H and O–H groups in total. The van der Waals surface area contributed by atoms with Crippen molar-refractivity contribution in [3.05, 3.63) is 23.6 Å². The van der Waals surface area contributed by atoms with Gasteiger partial charge in [-0.3, -0.25) is 0 Å². The summed E-state index contributed by atoms with van der Waals surface area (Å²) in [4.78, 5) is 8.13. The van der Waals surface area contributed by atoms with Gasteiger partial charge in [-0.2, -0.15) is 9.67 Å². The fraction of sp³-hybridized carbons (Fsp3) is 0.375. The number of hydrogen-bond donors (Lipinski definition) is 1. The highest BCUT2D eigenvalue weighted by Gasteiger charge is 2.10. The number of hydrogen-bond acceptors (Lipinski definition) is 5. The lowest BCUT2D eigenvalue weighted by molar-refractivity contribution is 0.276. The monoisotopic (exact) mass is 194 g/mol. The van der Waals surface area contributed by atoms with Gasteiger partial charge >= 0.3 is 6.01 Å². The fourth-order valence-corrected chi connectivity index (χ4v) is 1.17. The molecule has 0 unspecified atom stereocenters. The van der Waals surface area contributed by atoms with Crippen LogP contribution < -0.4 is 0 Å². The highest BCUT2D eigenvalue weighted by atomic mass is 16.4. The van der Waals surface area contributed by atoms with E-state index < -0.39 is 0 Å². The summed E-state index contributed by atoms with van der Waals surface area (Å²) in [7, 11) is 0. The Morgan fingerprint density at radius 2 is 2.21 bits per heavy atom. The lowest BCUT2D eigenvalue weighted by Gasteiger charge is -1.93. The standard InChI is InChI=1S/C8H10N4O2/c1-5-9-6(2)12(11-5)8-10-7(3-13)4-14-8/h4,13H,3H2,1-2H3. The number of aryl methyl sites for hydroxylation is 2. The minimum atomic E-state index is -0.143. The van der Waals surface area contributed by atoms with Crippen LogP contribution in [0.2, 0.25) is 0 Å². The molecule has 0 aliphatic heterocycles. The minimum Gasteiger partial charge on any atom is -0.430 e. The van der Waals surface area contributed by atoms with Gasteiger partial charge < -0.3 is 9.52 Å². The van der Waals surface area contributed by atoms with Gasteiger partial charge in [0.15, 0.2) is 0 Å². The number of nitrogens with zero attached hydrogens (tertiary/aromatic N) is 4. The number of rotatable bonds is 2. The van der Waals surface area contributed by atoms with Crippen LogP contribution in [-0.4, -0.2) is 24.9 Å². The Morgan fingerprint density at radius 3 is 2.71 bits per heavy atom. The van der Waals surface area contributed by atoms with E-state index >= 15 is 0 Å². The van der Waals surface area contributed by atoms with Crippen LogP contribution in [0.15, 0.2) is 10.7 Å². The molecule has 0 saturated carbocycles. The molecule has 0 aromatic carbocycles. The average Bonchev–Trinajstić information content (AvgIpc) is 2.71. The molecule has 0 saturated heterocycles. The van der Waals surface area contributed by atoms with Gasteiger partial charge in [0.1, 0.15) is 23.6 Å². The van der Waals surface area contributed by atoms with Crippen molar-refractivity contribution in [3.8, 4) is 6.01 Å². The molecule has 2 rings (SSSR count). The lowest BCUT2D eigenvalue weighted by atomic mass is 10.5. The summed E-state index contributed by atoms with van der Waals surface area (Å²) in [5, 5.41) is 12.9. The van der Waals surface area contributed by atoms with E-state index in [4.69, 9.17) is 9.52 Å². The van der Waals surface area contributed by atoms with E-state index in [-0.39, 0.29) is 6.61 Å². The first-order chi connectivity index (χ1) is 6.70. The summed E-state index contributed by atoms with van der Waals surface area (Å²) in [6.45, 7) is 3.46. The first-order valence-corrected chi connectivity index (χ1v) is 4.16. The lowest BCUT2D eigenvalue weighted by Crippen LogP contribution is -1.99. The molecule has 2 heterocycles. The molecule has 2 aromatic rings. The Kier molecular flexibility index (Phi) is 2.05. The van der Waals surface area contributed by atoms with E-state index in [2.05, 4.69) is 15.1 Å². The van der Waals surface area contributed by atoms with Crippen molar-refractivity contribution in [2.24, 2.45) is 0 Å². The van der Waals surface area contributed by atoms with E-state index in [1.54, 1.807) is 6.92 Å². The minimum absolute atomic E-state index is 0.143. The Hall–Kier alpha value is -1.69. The molecule has 6 heteroatoms. The predicted octanol–water partition coefficient (Wildman–Crippen LogP) is 0.364. The molecule has 0 aliphatic rings. The first kappa shape index (κ1) is 8.89. The molecule has 0 amide bonds. The van der Waals surface area contributed by atoms with Crippen molar-refractivity contribution in [3.63, 3.8) is 0 Å². The van der Waals surface area contributed by atoms with Crippen LogP contribution in [0.5, 0.6) is 0 Å². The van der Waals surface area contributed by atoms with Crippen molar-refractivity contribution >= 4 is 0 Å². The van der Waals surface area contributed by atoms with Gasteiger partial charge in [0.25, 0.3) is 0 Å². The number of oxazole rings is 1. The van der Waals surface area contributed by atoms with Gasteiger partial charge in [0.2, 0.25) is 0 Å². The van der Waals surface area contributed by atoms with Gasteiger partial charge in [-0.25, -0.2) is 4.98 Å². The van der Waals surface area contributed by atoms with Gasteiger partial charge in [-0.15, -0.1) is 5.10 Å². The van der Waals surface area contributed by atoms with Crippen molar-refractivity contribution in [1.82, 2.24) is 19.7 Å². The molecule has 6 nitrogen and oxygen atoms in total. The maximum absolute atomic E-state index is 8.80. The Labute approximate surface area is 80.2 Å². The molecule has 0 spiro atoms. The van der Waals surface area contributed by atoms with Crippen LogP contribution >= 0.6 is 0 Å². The smallest absolute Gasteiger partial charge is 0.324 e. The summed E-state index contributed by atoms with van der Waals surface area (Å²) in [5.41, 5.74) is 0.479. The third-order valence-corrected chi connectivity index (χ3v) is 1.76. The molecule has 2 aromatic heterocycles. The van der Waals surface area contributed by atoms with Crippen LogP contribution in [0.4, 0.5) is 0 Å². The van der Waals surface area contributed by atoms with Crippen LogP contribution in [0, 0.1) is 13.8 Å². The summed E-state index contributed by atoms with van der Waals surface area (Å²) >= 11 is 0. The summed E-state index contributed by atoms with van der Waals surface area (Å²) < 4.78 is 6.62. The summed E-state index contributed by atoms with van der Waals surface area (Å²) in [6, 6.07) is 0.326. The highest BCUT2D eigenvalue weighted by Crippen LogP contribution is 2.09. The molecule has 0 atom stereocenters. The molecule has 0 bridgehead atoms. The Morgan fingerprint density at radius 1 is 1.43 bits per heavy atom. The number of aliphatic hydroxyl groups is 1. The zero-order valence-corrected chi connectivity index (χ0v) is 7.93. The van der Waals surface area contributed by atoms with Gasteiger partial charge in [-0.05, 0) is 13.8 Å². The van der Waals surface area contributed by atoms with Gasteiger partial charge in [-0.1, -0.05) is 0 Å². The molecule has 14 heavy (non-hydrogen) atoms. The first-order valence-electron chi connectivity index (χ1n) is 4.16. The van der Waals surface area contributed by atoms with Crippen molar-refractivity contribution in [2.45, 2.75) is 20.5 Å². The van der Waals surface area contributed by atoms with Crippen LogP contribution in [-0.2, 0) is 6.61 Å². The normalized spacial score (nSPS) is 10.8. The molecular weight excluding hydrogens is 184 g/mol. The molecule has 0 aliphatic carbocycles. The van der Waals surface area contributed by atoms with Crippen molar-refractivity contribution < 1.29 is 9.52 Å². The third-order valence-electron chi connectivity index (χ3n) is 1.76. The second-order valence-electron chi connectivity index (χ2n) is 2.90. The Bertz CT molecular complexity index is 446. The van der Waals surface area contributed by atoms with E-state index in [0.717, 1.165) is 0 Å². The zero-order valence-electron chi connectivity index (χ0n) is 7.93. The van der Waals surface area contributed by atoms with Gasteiger partial charge in [0.05, 0.1) is 6.61 Å². The van der Waals surface area contributed by atoms with E-state index in [0.29, 0.717) is 23.4 Å². The van der Waals surface area contributed by atoms with E-state index in [1.807, 2.05) is 6.92 Å². The van der Waals surface area contributed by atoms with E-state index in [1.165, 1.54) is 10.9 Å². The maximum Gasteiger partial charge on any atom is 0.324 e. The number of aliphatic hydroxyl groups excluding tert-OH is 1. The summed E-state index contributed by atoms with van der Waals surface area (Å²) in [6.07, 6.45) is 1.39. The van der Waals surface area contributed by atoms with Crippen molar-refractivity contribution in [2.75, 3.05) is 0 Å². The third kappa shape index (κ3) is 1.39. The van der Waals surface area contributed by atoms with Crippen LogP contribution in [0.3, 0.4) is 0 Å². The quantitative estimate of drug-likeness (QED) is 0.747. The topological polar surface area (TPSA) is 77.0 Å². The SMILES string of the molecule is Cc1nc(C)n(-c2nc(CO)co2)n1. The predicted molar refractivity (Wildman–Crippen MR) is 46.8 cm³/mol. The molecule has 0 fully saturated rings. The molecule has 74 valence electrons. The van der Waals surface area contributed by atoms with Gasteiger partial charge in [0, 0.05) is 0 Å². The average molecular weight is 194 g/mol. The number of aromatic nitrogens is 4. The Balaban J connectivity index is 2.43. The van der Waals surface area contributed by atoms with Crippen LogP contribution in [0.25, 0.3) is 6.01 Å². The second-order valence-corrected chi connectivity index (χ2v) is 2.90. The maximum atomic E-state index is 8.80.